The first kappa shape index (κ1) is 27.8. The standard InChI is InChI=1S/C34H38ClN5S/c1-21-9-8-10-26(16-21)39-24(4)17-28(25(39)5)33-32(30-11-6-7-14-36-30)37-34(41)40(33)27-12-13-31(29(35)18-27)38-19-22(2)15-23(3)20-38/h6-14,16-18,22-23,32-33H,15,19-20H2,1-5H3,(H,37,41)/t22-,23+,32-,33+/m1/s1. The van der Waals surface area contributed by atoms with Crippen LogP contribution in [0.2, 0.25) is 5.02 Å². The number of thiocarbonyl (C=S) groups is 1. The van der Waals surface area contributed by atoms with Crippen LogP contribution in [-0.2, 0) is 0 Å². The van der Waals surface area contributed by atoms with E-state index in [0.717, 1.165) is 40.9 Å². The summed E-state index contributed by atoms with van der Waals surface area (Å²) < 4.78 is 2.34. The number of rotatable bonds is 5. The van der Waals surface area contributed by atoms with Crippen molar-refractivity contribution in [2.75, 3.05) is 22.9 Å². The average Bonchev–Trinajstić information content (AvgIpc) is 3.43. The fourth-order valence-electron chi connectivity index (χ4n) is 6.96. The lowest BCUT2D eigenvalue weighted by Gasteiger charge is -2.37. The molecule has 5 nitrogen and oxygen atoms in total. The number of pyridine rings is 1. The first-order chi connectivity index (χ1) is 19.7. The van der Waals surface area contributed by atoms with Crippen molar-refractivity contribution in [3.8, 4) is 5.69 Å². The number of hydrogen-bond acceptors (Lipinski definition) is 3. The van der Waals surface area contributed by atoms with Gasteiger partial charge in [0.05, 0.1) is 28.5 Å². The molecule has 0 unspecified atom stereocenters. The van der Waals surface area contributed by atoms with Gasteiger partial charge < -0.3 is 19.7 Å². The van der Waals surface area contributed by atoms with Crippen LogP contribution in [0.3, 0.4) is 0 Å². The Bertz CT molecular complexity index is 1570. The molecular weight excluding hydrogens is 546 g/mol. The summed E-state index contributed by atoms with van der Waals surface area (Å²) in [6.45, 7) is 13.2. The minimum atomic E-state index is -0.114. The van der Waals surface area contributed by atoms with Gasteiger partial charge in [0, 0.05) is 42.0 Å². The van der Waals surface area contributed by atoms with Gasteiger partial charge in [0.1, 0.15) is 0 Å². The first-order valence-electron chi connectivity index (χ1n) is 14.5. The normalized spacial score (nSPS) is 22.7. The highest BCUT2D eigenvalue weighted by atomic mass is 35.5. The number of hydrogen-bond donors (Lipinski definition) is 1. The molecule has 2 fully saturated rings. The van der Waals surface area contributed by atoms with Crippen LogP contribution < -0.4 is 15.1 Å². The van der Waals surface area contributed by atoms with Gasteiger partial charge in [-0.1, -0.05) is 43.6 Å². The van der Waals surface area contributed by atoms with Crippen molar-refractivity contribution in [3.05, 3.63) is 106 Å². The predicted octanol–water partition coefficient (Wildman–Crippen LogP) is 8.11. The van der Waals surface area contributed by atoms with Crippen molar-refractivity contribution in [2.24, 2.45) is 11.8 Å². The van der Waals surface area contributed by atoms with E-state index in [-0.39, 0.29) is 12.1 Å². The molecule has 2 aromatic carbocycles. The Balaban J connectivity index is 1.44. The zero-order valence-electron chi connectivity index (χ0n) is 24.4. The highest BCUT2D eigenvalue weighted by Gasteiger charge is 2.42. The number of aromatic nitrogens is 2. The average molecular weight is 584 g/mol. The molecule has 6 rings (SSSR count). The van der Waals surface area contributed by atoms with Crippen LogP contribution in [0.5, 0.6) is 0 Å². The number of nitrogens with one attached hydrogen (secondary N) is 1. The third-order valence-electron chi connectivity index (χ3n) is 8.57. The fraction of sp³-hybridized carbons (Fsp3) is 0.353. The van der Waals surface area contributed by atoms with Gasteiger partial charge in [-0.3, -0.25) is 4.98 Å². The molecule has 0 radical (unpaired) electrons. The van der Waals surface area contributed by atoms with Crippen molar-refractivity contribution in [3.63, 3.8) is 0 Å². The van der Waals surface area contributed by atoms with Crippen molar-refractivity contribution in [1.82, 2.24) is 14.9 Å². The van der Waals surface area contributed by atoms with E-state index in [4.69, 9.17) is 28.8 Å². The molecule has 4 atom stereocenters. The molecule has 41 heavy (non-hydrogen) atoms. The van der Waals surface area contributed by atoms with Crippen LogP contribution in [0.15, 0.2) is 72.9 Å². The van der Waals surface area contributed by atoms with Crippen LogP contribution in [0.1, 0.15) is 60.6 Å². The Morgan fingerprint density at radius 3 is 2.37 bits per heavy atom. The van der Waals surface area contributed by atoms with Crippen LogP contribution in [-0.4, -0.2) is 27.8 Å². The van der Waals surface area contributed by atoms with Gasteiger partial charge in [-0.05, 0) is 111 Å². The minimum Gasteiger partial charge on any atom is -0.370 e. The largest absolute Gasteiger partial charge is 0.370 e. The van der Waals surface area contributed by atoms with Crippen molar-refractivity contribution < 1.29 is 0 Å². The van der Waals surface area contributed by atoms with Crippen LogP contribution >= 0.6 is 23.8 Å². The quantitative estimate of drug-likeness (QED) is 0.240. The van der Waals surface area contributed by atoms with Crippen LogP contribution in [0.25, 0.3) is 5.69 Å². The van der Waals surface area contributed by atoms with E-state index in [1.165, 1.54) is 28.9 Å². The molecule has 1 N–H and O–H groups in total. The highest BCUT2D eigenvalue weighted by Crippen LogP contribution is 2.45. The fourth-order valence-corrected chi connectivity index (χ4v) is 7.60. The zero-order chi connectivity index (χ0) is 28.8. The Morgan fingerprint density at radius 1 is 0.902 bits per heavy atom. The van der Waals surface area contributed by atoms with E-state index in [1.54, 1.807) is 0 Å². The van der Waals surface area contributed by atoms with Gasteiger partial charge in [0.25, 0.3) is 0 Å². The van der Waals surface area contributed by atoms with E-state index in [1.807, 2.05) is 18.3 Å². The second kappa shape index (κ2) is 11.1. The molecule has 4 heterocycles. The molecule has 0 aliphatic carbocycles. The summed E-state index contributed by atoms with van der Waals surface area (Å²) in [5, 5.41) is 5.05. The van der Waals surface area contributed by atoms with E-state index in [2.05, 4.69) is 109 Å². The van der Waals surface area contributed by atoms with Gasteiger partial charge in [-0.15, -0.1) is 0 Å². The molecule has 2 aliphatic heterocycles. The second-order valence-electron chi connectivity index (χ2n) is 12.0. The van der Waals surface area contributed by atoms with Gasteiger partial charge >= 0.3 is 0 Å². The maximum absolute atomic E-state index is 7.04. The van der Waals surface area contributed by atoms with Gasteiger partial charge in [0.2, 0.25) is 0 Å². The molecule has 0 amide bonds. The topological polar surface area (TPSA) is 36.3 Å². The molecule has 212 valence electrons. The monoisotopic (exact) mass is 583 g/mol. The lowest BCUT2D eigenvalue weighted by atomic mass is 9.91. The molecule has 0 bridgehead atoms. The number of piperidine rings is 1. The third kappa shape index (κ3) is 5.24. The van der Waals surface area contributed by atoms with Gasteiger partial charge in [0.15, 0.2) is 5.11 Å². The summed E-state index contributed by atoms with van der Waals surface area (Å²) in [5.41, 5.74) is 9.03. The van der Waals surface area contributed by atoms with Crippen molar-refractivity contribution in [1.29, 1.82) is 0 Å². The number of aryl methyl sites for hydroxylation is 2. The summed E-state index contributed by atoms with van der Waals surface area (Å²) >= 11 is 13.1. The summed E-state index contributed by atoms with van der Waals surface area (Å²) in [6.07, 6.45) is 3.11. The maximum Gasteiger partial charge on any atom is 0.174 e. The van der Waals surface area contributed by atoms with Gasteiger partial charge in [-0.25, -0.2) is 0 Å². The first-order valence-corrected chi connectivity index (χ1v) is 15.3. The molecule has 7 heteroatoms. The van der Waals surface area contributed by atoms with Crippen molar-refractivity contribution in [2.45, 2.75) is 53.1 Å². The van der Waals surface area contributed by atoms with E-state index >= 15 is 0 Å². The zero-order valence-corrected chi connectivity index (χ0v) is 26.0. The predicted molar refractivity (Wildman–Crippen MR) is 175 cm³/mol. The van der Waals surface area contributed by atoms with E-state index in [9.17, 15) is 0 Å². The SMILES string of the molecule is Cc1cccc(-n2c(C)cc([C@H]3[C@@H](c4ccccn4)NC(=S)N3c3ccc(N4C[C@H](C)C[C@H](C)C4)c(Cl)c3)c2C)c1. The number of benzene rings is 2. The lowest BCUT2D eigenvalue weighted by molar-refractivity contribution is 0.357. The Kier molecular flexibility index (Phi) is 7.56. The van der Waals surface area contributed by atoms with Gasteiger partial charge in [-0.2, -0.15) is 0 Å². The number of nitrogens with zero attached hydrogens (tertiary/aromatic N) is 4. The summed E-state index contributed by atoms with van der Waals surface area (Å²) in [6, 6.07) is 23.2. The maximum atomic E-state index is 7.04. The summed E-state index contributed by atoms with van der Waals surface area (Å²) in [4.78, 5) is 9.42. The molecule has 2 aliphatic rings. The molecule has 2 saturated heterocycles. The van der Waals surface area contributed by atoms with Crippen LogP contribution in [0.4, 0.5) is 11.4 Å². The van der Waals surface area contributed by atoms with E-state index in [0.29, 0.717) is 16.9 Å². The smallest absolute Gasteiger partial charge is 0.174 e. The minimum absolute atomic E-state index is 0.0980. The summed E-state index contributed by atoms with van der Waals surface area (Å²) in [5.74, 6) is 1.30. The lowest BCUT2D eigenvalue weighted by Crippen LogP contribution is -2.38. The molecule has 2 aromatic heterocycles. The number of halogens is 1. The van der Waals surface area contributed by atoms with Crippen molar-refractivity contribution >= 4 is 40.3 Å². The Labute approximate surface area is 254 Å². The Hall–Kier alpha value is -3.35. The molecule has 0 spiro atoms. The summed E-state index contributed by atoms with van der Waals surface area (Å²) in [7, 11) is 0. The van der Waals surface area contributed by atoms with Crippen LogP contribution in [0, 0.1) is 32.6 Å². The van der Waals surface area contributed by atoms with E-state index < -0.39 is 0 Å². The molecule has 0 saturated carbocycles. The third-order valence-corrected chi connectivity index (χ3v) is 9.18. The Morgan fingerprint density at radius 2 is 1.68 bits per heavy atom. The molecule has 4 aromatic rings. The highest BCUT2D eigenvalue weighted by molar-refractivity contribution is 7.80. The second-order valence-corrected chi connectivity index (χ2v) is 12.8. The molecular formula is C34H38ClN5S. The number of anilines is 2.